The highest BCUT2D eigenvalue weighted by molar-refractivity contribution is 9.10. The van der Waals surface area contributed by atoms with E-state index in [1.165, 1.54) is 0 Å². The maximum absolute atomic E-state index is 12.1. The van der Waals surface area contributed by atoms with E-state index in [0.29, 0.717) is 22.0 Å². The van der Waals surface area contributed by atoms with Crippen LogP contribution >= 0.6 is 43.5 Å². The van der Waals surface area contributed by atoms with Crippen molar-refractivity contribution in [3.05, 3.63) is 55.9 Å². The molecule has 6 heteroatoms. The molecule has 0 aromatic heterocycles. The monoisotopic (exact) mass is 417 g/mol. The molecule has 1 amide bonds. The smallest absolute Gasteiger partial charge is 0.255 e. The molecule has 0 radical (unpaired) electrons. The Hall–Kier alpha value is -1.04. The van der Waals surface area contributed by atoms with E-state index in [0.717, 1.165) is 8.95 Å². The highest BCUT2D eigenvalue weighted by atomic mass is 79.9. The van der Waals surface area contributed by atoms with E-state index in [9.17, 15) is 4.79 Å². The average Bonchev–Trinajstić information content (AvgIpc) is 2.42. The van der Waals surface area contributed by atoms with Gasteiger partial charge >= 0.3 is 0 Å². The molecule has 104 valence electrons. The molecule has 0 saturated heterocycles. The zero-order valence-electron chi connectivity index (χ0n) is 10.4. The Balaban J connectivity index is 2.19. The fraction of sp³-hybridized carbons (Fsp3) is 0.0714. The third kappa shape index (κ3) is 3.53. The summed E-state index contributed by atoms with van der Waals surface area (Å²) in [6.45, 7) is 0. The number of rotatable bonds is 3. The van der Waals surface area contributed by atoms with Crippen molar-refractivity contribution in [3.63, 3.8) is 0 Å². The lowest BCUT2D eigenvalue weighted by Crippen LogP contribution is -2.11. The Labute approximate surface area is 138 Å². The fourth-order valence-corrected chi connectivity index (χ4v) is 2.62. The number of methoxy groups -OCH3 is 1. The largest absolute Gasteiger partial charge is 0.496 e. The third-order valence-corrected chi connectivity index (χ3v) is 4.43. The van der Waals surface area contributed by atoms with Crippen molar-refractivity contribution in [2.75, 3.05) is 12.4 Å². The number of benzene rings is 2. The minimum atomic E-state index is -0.206. The fourth-order valence-electron chi connectivity index (χ4n) is 1.58. The van der Waals surface area contributed by atoms with Crippen LogP contribution in [0.15, 0.2) is 45.3 Å². The molecule has 0 saturated carbocycles. The average molecular weight is 420 g/mol. The minimum absolute atomic E-state index is 0.206. The van der Waals surface area contributed by atoms with Gasteiger partial charge in [0, 0.05) is 15.7 Å². The van der Waals surface area contributed by atoms with E-state index < -0.39 is 0 Å². The van der Waals surface area contributed by atoms with Crippen LogP contribution < -0.4 is 10.1 Å². The number of hydrogen-bond acceptors (Lipinski definition) is 2. The van der Waals surface area contributed by atoms with Crippen LogP contribution in [0.2, 0.25) is 5.02 Å². The number of anilines is 1. The number of hydrogen-bond donors (Lipinski definition) is 1. The van der Waals surface area contributed by atoms with Crippen molar-refractivity contribution in [1.82, 2.24) is 0 Å². The molecule has 1 N–H and O–H groups in total. The van der Waals surface area contributed by atoms with E-state index in [4.69, 9.17) is 16.3 Å². The van der Waals surface area contributed by atoms with Crippen LogP contribution in [0.1, 0.15) is 10.4 Å². The number of carbonyl (C=O) groups is 1. The quantitative estimate of drug-likeness (QED) is 0.749. The zero-order chi connectivity index (χ0) is 14.7. The van der Waals surface area contributed by atoms with Crippen LogP contribution in [0.5, 0.6) is 5.75 Å². The molecular weight excluding hydrogens is 409 g/mol. The molecule has 2 aromatic carbocycles. The summed E-state index contributed by atoms with van der Waals surface area (Å²) in [4.78, 5) is 12.1. The molecule has 3 nitrogen and oxygen atoms in total. The van der Waals surface area contributed by atoms with Gasteiger partial charge in [-0.3, -0.25) is 4.79 Å². The molecule has 0 aliphatic heterocycles. The normalized spacial score (nSPS) is 10.2. The van der Waals surface area contributed by atoms with Crippen LogP contribution in [-0.2, 0) is 0 Å². The molecule has 2 rings (SSSR count). The van der Waals surface area contributed by atoms with Gasteiger partial charge in [0.25, 0.3) is 5.91 Å². The summed E-state index contributed by atoms with van der Waals surface area (Å²) >= 11 is 12.6. The van der Waals surface area contributed by atoms with E-state index in [2.05, 4.69) is 37.2 Å². The van der Waals surface area contributed by atoms with E-state index in [1.54, 1.807) is 43.5 Å². The van der Waals surface area contributed by atoms with Crippen molar-refractivity contribution in [2.45, 2.75) is 0 Å². The van der Waals surface area contributed by atoms with Gasteiger partial charge in [0.05, 0.1) is 16.6 Å². The summed E-state index contributed by atoms with van der Waals surface area (Å²) in [5.41, 5.74) is 1.20. The summed E-state index contributed by atoms with van der Waals surface area (Å²) < 4.78 is 6.58. The van der Waals surface area contributed by atoms with Gasteiger partial charge in [0.15, 0.2) is 0 Å². The van der Waals surface area contributed by atoms with E-state index >= 15 is 0 Å². The second-order valence-electron chi connectivity index (χ2n) is 3.93. The Morgan fingerprint density at radius 1 is 1.15 bits per heavy atom. The summed E-state index contributed by atoms with van der Waals surface area (Å²) in [6.07, 6.45) is 0. The predicted molar refractivity (Wildman–Crippen MR) is 87.8 cm³/mol. The topological polar surface area (TPSA) is 38.3 Å². The minimum Gasteiger partial charge on any atom is -0.496 e. The van der Waals surface area contributed by atoms with Crippen molar-refractivity contribution < 1.29 is 9.53 Å². The summed E-state index contributed by atoms with van der Waals surface area (Å²) in [5, 5.41) is 3.39. The van der Waals surface area contributed by atoms with Crippen LogP contribution in [0.4, 0.5) is 5.69 Å². The first-order valence-electron chi connectivity index (χ1n) is 5.61. The first-order chi connectivity index (χ1) is 9.51. The van der Waals surface area contributed by atoms with Gasteiger partial charge in [-0.15, -0.1) is 0 Å². The second-order valence-corrected chi connectivity index (χ2v) is 6.05. The Kier molecular flexibility index (Phi) is 5.07. The molecule has 0 aliphatic rings. The Morgan fingerprint density at radius 2 is 1.90 bits per heavy atom. The first-order valence-corrected chi connectivity index (χ1v) is 7.57. The van der Waals surface area contributed by atoms with Crippen LogP contribution in [-0.4, -0.2) is 13.0 Å². The first kappa shape index (κ1) is 15.4. The Bertz CT molecular complexity index is 662. The number of nitrogens with one attached hydrogen (secondary N) is 1. The van der Waals surface area contributed by atoms with Crippen LogP contribution in [0.3, 0.4) is 0 Å². The van der Waals surface area contributed by atoms with Crippen molar-refractivity contribution in [1.29, 1.82) is 0 Å². The van der Waals surface area contributed by atoms with Crippen LogP contribution in [0, 0.1) is 0 Å². The third-order valence-electron chi connectivity index (χ3n) is 2.59. The Morgan fingerprint density at radius 3 is 2.50 bits per heavy atom. The molecule has 0 fully saturated rings. The van der Waals surface area contributed by atoms with Crippen molar-refractivity contribution in [2.24, 2.45) is 0 Å². The van der Waals surface area contributed by atoms with Crippen molar-refractivity contribution >= 4 is 55.1 Å². The maximum atomic E-state index is 12.1. The SMILES string of the molecule is COc1ccc(C(=O)Nc2ccc(Cl)c(Br)c2)cc1Br. The maximum Gasteiger partial charge on any atom is 0.255 e. The van der Waals surface area contributed by atoms with Crippen molar-refractivity contribution in [3.8, 4) is 5.75 Å². The molecule has 0 aliphatic carbocycles. The summed E-state index contributed by atoms with van der Waals surface area (Å²) in [6, 6.07) is 10.3. The predicted octanol–water partition coefficient (Wildman–Crippen LogP) is 5.13. The lowest BCUT2D eigenvalue weighted by atomic mass is 10.2. The second kappa shape index (κ2) is 6.61. The molecule has 2 aromatic rings. The number of amides is 1. The number of carbonyl (C=O) groups excluding carboxylic acids is 1. The van der Waals surface area contributed by atoms with Crippen LogP contribution in [0.25, 0.3) is 0 Å². The molecule has 20 heavy (non-hydrogen) atoms. The highest BCUT2D eigenvalue weighted by Gasteiger charge is 2.10. The molecular formula is C14H10Br2ClNO2. The van der Waals surface area contributed by atoms with Gasteiger partial charge in [0.2, 0.25) is 0 Å². The van der Waals surface area contributed by atoms with Gasteiger partial charge in [-0.25, -0.2) is 0 Å². The number of halogens is 3. The molecule has 0 atom stereocenters. The summed E-state index contributed by atoms with van der Waals surface area (Å²) in [5.74, 6) is 0.471. The van der Waals surface area contributed by atoms with E-state index in [-0.39, 0.29) is 5.91 Å². The molecule has 0 spiro atoms. The lowest BCUT2D eigenvalue weighted by molar-refractivity contribution is 0.102. The summed E-state index contributed by atoms with van der Waals surface area (Å²) in [7, 11) is 1.57. The van der Waals surface area contributed by atoms with Gasteiger partial charge in [-0.05, 0) is 68.3 Å². The lowest BCUT2D eigenvalue weighted by Gasteiger charge is -2.08. The van der Waals surface area contributed by atoms with Gasteiger partial charge < -0.3 is 10.1 Å². The zero-order valence-corrected chi connectivity index (χ0v) is 14.3. The van der Waals surface area contributed by atoms with Gasteiger partial charge in [-0.2, -0.15) is 0 Å². The highest BCUT2D eigenvalue weighted by Crippen LogP contribution is 2.27. The molecule has 0 unspecified atom stereocenters. The van der Waals surface area contributed by atoms with Gasteiger partial charge in [-0.1, -0.05) is 11.6 Å². The number of ether oxygens (including phenoxy) is 1. The molecule has 0 bridgehead atoms. The van der Waals surface area contributed by atoms with E-state index in [1.807, 2.05) is 0 Å². The molecule has 0 heterocycles. The standard InChI is InChI=1S/C14H10Br2ClNO2/c1-20-13-5-2-8(6-11(13)16)14(19)18-9-3-4-12(17)10(15)7-9/h2-7H,1H3,(H,18,19). The van der Waals surface area contributed by atoms with Gasteiger partial charge in [0.1, 0.15) is 5.75 Å².